The molecule has 1 N–H and O–H groups in total. The molecule has 150 valence electrons. The quantitative estimate of drug-likeness (QED) is 0.518. The summed E-state index contributed by atoms with van der Waals surface area (Å²) < 4.78 is 36.6. The Kier molecular flexibility index (Phi) is 4.01. The number of aromatic nitrogens is 3. The van der Waals surface area contributed by atoms with E-state index in [1.54, 1.807) is 13.1 Å². The van der Waals surface area contributed by atoms with Crippen molar-refractivity contribution in [2.24, 2.45) is 21.1 Å². The molecule has 4 aromatic rings. The minimum atomic E-state index is -4.04. The molecule has 10 nitrogen and oxygen atoms in total. The van der Waals surface area contributed by atoms with Gasteiger partial charge in [-0.1, -0.05) is 0 Å². The molecule has 29 heavy (non-hydrogen) atoms. The Bertz CT molecular complexity index is 1590. The molecule has 0 aliphatic carbocycles. The fourth-order valence-electron chi connectivity index (χ4n) is 3.15. The van der Waals surface area contributed by atoms with Crippen LogP contribution in [0.4, 0.5) is 5.69 Å². The number of hydrogen-bond donors (Lipinski definition) is 1. The summed E-state index contributed by atoms with van der Waals surface area (Å²) >= 11 is 0. The summed E-state index contributed by atoms with van der Waals surface area (Å²) in [5.74, 6) is -0.559. The van der Waals surface area contributed by atoms with Crippen LogP contribution in [0.1, 0.15) is 0 Å². The molecule has 11 heteroatoms. The average Bonchev–Trinajstić information content (AvgIpc) is 2.97. The first kappa shape index (κ1) is 18.7. The molecule has 2 aromatic heterocycles. The monoisotopic (exact) mass is 416 g/mol. The highest BCUT2D eigenvalue weighted by atomic mass is 32.2. The van der Waals surface area contributed by atoms with Crippen molar-refractivity contribution in [1.29, 1.82) is 0 Å². The number of benzene rings is 2. The van der Waals surface area contributed by atoms with Crippen LogP contribution in [-0.2, 0) is 31.2 Å². The van der Waals surface area contributed by atoms with E-state index < -0.39 is 27.0 Å². The van der Waals surface area contributed by atoms with Crippen molar-refractivity contribution in [3.8, 4) is 0 Å². The van der Waals surface area contributed by atoms with Crippen LogP contribution >= 0.6 is 0 Å². The first-order chi connectivity index (χ1) is 13.6. The van der Waals surface area contributed by atoms with Gasteiger partial charge in [-0.2, -0.15) is 0 Å². The molecule has 0 fully saturated rings. The van der Waals surface area contributed by atoms with E-state index >= 15 is 0 Å². The second-order valence-corrected chi connectivity index (χ2v) is 8.28. The van der Waals surface area contributed by atoms with Crippen LogP contribution in [0.25, 0.3) is 22.0 Å². The largest absolute Gasteiger partial charge is 0.419 e. The van der Waals surface area contributed by atoms with Crippen LogP contribution in [-0.4, -0.2) is 22.1 Å². The normalized spacial score (nSPS) is 12.0. The van der Waals surface area contributed by atoms with Crippen molar-refractivity contribution >= 4 is 37.7 Å². The number of nitrogens with zero attached hydrogens (tertiary/aromatic N) is 3. The Morgan fingerprint density at radius 2 is 1.55 bits per heavy atom. The van der Waals surface area contributed by atoms with Gasteiger partial charge in [-0.05, 0) is 30.3 Å². The standard InChI is InChI=1S/C18H16N4O6S/c1-20-13-7-5-11(9-12(13)16(23)22(3)17(20)24)29(26,27)19-10-4-6-14-15(8-10)28-18(25)21(14)2/h4-9,19H,1-3H3. The van der Waals surface area contributed by atoms with E-state index in [1.165, 1.54) is 53.6 Å². The Morgan fingerprint density at radius 1 is 0.862 bits per heavy atom. The van der Waals surface area contributed by atoms with Crippen molar-refractivity contribution in [1.82, 2.24) is 13.7 Å². The minimum absolute atomic E-state index is 0.0991. The molecule has 0 aliphatic heterocycles. The average molecular weight is 416 g/mol. The second kappa shape index (κ2) is 6.21. The molecular formula is C18H16N4O6S. The number of hydrogen-bond acceptors (Lipinski definition) is 6. The van der Waals surface area contributed by atoms with E-state index in [0.717, 1.165) is 4.57 Å². The Hall–Kier alpha value is -3.60. The zero-order valence-corrected chi connectivity index (χ0v) is 16.5. The predicted octanol–water partition coefficient (Wildman–Crippen LogP) is 0.483. The molecule has 0 amide bonds. The molecule has 0 radical (unpaired) electrons. The van der Waals surface area contributed by atoms with Gasteiger partial charge in [0.25, 0.3) is 15.6 Å². The SMILES string of the molecule is Cn1c(=O)c2cc(S(=O)(=O)Nc3ccc4c(c3)oc(=O)n4C)ccc2n(C)c1=O. The van der Waals surface area contributed by atoms with Gasteiger partial charge < -0.3 is 4.42 Å². The van der Waals surface area contributed by atoms with Crippen molar-refractivity contribution < 1.29 is 12.8 Å². The van der Waals surface area contributed by atoms with Gasteiger partial charge in [0.05, 0.1) is 27.0 Å². The maximum absolute atomic E-state index is 12.8. The van der Waals surface area contributed by atoms with Gasteiger partial charge in [-0.3, -0.25) is 23.2 Å². The molecule has 0 saturated heterocycles. The number of aryl methyl sites for hydroxylation is 2. The number of anilines is 1. The van der Waals surface area contributed by atoms with E-state index in [2.05, 4.69) is 4.72 Å². The number of fused-ring (bicyclic) bond motifs is 2. The summed E-state index contributed by atoms with van der Waals surface area (Å²) in [6.07, 6.45) is 0. The van der Waals surface area contributed by atoms with E-state index in [1.807, 2.05) is 0 Å². The third-order valence-corrected chi connectivity index (χ3v) is 6.17. The first-order valence-electron chi connectivity index (χ1n) is 8.42. The lowest BCUT2D eigenvalue weighted by Crippen LogP contribution is -2.37. The van der Waals surface area contributed by atoms with Gasteiger partial charge in [0, 0.05) is 27.2 Å². The van der Waals surface area contributed by atoms with E-state index in [-0.39, 0.29) is 21.6 Å². The number of sulfonamides is 1. The van der Waals surface area contributed by atoms with Crippen molar-refractivity contribution in [2.45, 2.75) is 4.90 Å². The Labute approximate surface area is 163 Å². The first-order valence-corrected chi connectivity index (χ1v) is 9.90. The van der Waals surface area contributed by atoms with Crippen molar-refractivity contribution in [2.75, 3.05) is 4.72 Å². The molecule has 0 spiro atoms. The summed E-state index contributed by atoms with van der Waals surface area (Å²) in [7, 11) is 0.326. The predicted molar refractivity (Wildman–Crippen MR) is 107 cm³/mol. The molecular weight excluding hydrogens is 400 g/mol. The van der Waals surface area contributed by atoms with Crippen molar-refractivity contribution in [3.05, 3.63) is 67.8 Å². The molecule has 4 rings (SSSR count). The Morgan fingerprint density at radius 3 is 2.28 bits per heavy atom. The van der Waals surface area contributed by atoms with E-state index in [0.29, 0.717) is 11.0 Å². The molecule has 2 aromatic carbocycles. The maximum atomic E-state index is 12.8. The molecule has 0 saturated carbocycles. The third-order valence-electron chi connectivity index (χ3n) is 4.79. The van der Waals surface area contributed by atoms with E-state index in [9.17, 15) is 22.8 Å². The van der Waals surface area contributed by atoms with Gasteiger partial charge in [0.1, 0.15) is 0 Å². The highest BCUT2D eigenvalue weighted by molar-refractivity contribution is 7.92. The maximum Gasteiger partial charge on any atom is 0.419 e. The summed E-state index contributed by atoms with van der Waals surface area (Å²) in [6.45, 7) is 0. The zero-order valence-electron chi connectivity index (χ0n) is 15.7. The van der Waals surface area contributed by atoms with Gasteiger partial charge in [-0.15, -0.1) is 0 Å². The highest BCUT2D eigenvalue weighted by Crippen LogP contribution is 2.22. The molecule has 0 bridgehead atoms. The summed E-state index contributed by atoms with van der Waals surface area (Å²) in [6, 6.07) is 8.40. The zero-order chi connectivity index (χ0) is 21.1. The molecule has 0 aliphatic rings. The number of nitrogens with one attached hydrogen (secondary N) is 1. The Balaban J connectivity index is 1.81. The highest BCUT2D eigenvalue weighted by Gasteiger charge is 2.18. The summed E-state index contributed by atoms with van der Waals surface area (Å²) in [5.41, 5.74) is 0.180. The molecule has 0 atom stereocenters. The lowest BCUT2D eigenvalue weighted by Gasteiger charge is -2.11. The van der Waals surface area contributed by atoms with Crippen molar-refractivity contribution in [3.63, 3.8) is 0 Å². The van der Waals surface area contributed by atoms with Crippen LogP contribution in [0.5, 0.6) is 0 Å². The van der Waals surface area contributed by atoms with Gasteiger partial charge >= 0.3 is 11.4 Å². The summed E-state index contributed by atoms with van der Waals surface area (Å²) in [5, 5.41) is 0.0991. The van der Waals surface area contributed by atoms with Crippen LogP contribution in [0.3, 0.4) is 0 Å². The van der Waals surface area contributed by atoms with Crippen LogP contribution in [0.15, 0.2) is 60.1 Å². The van der Waals surface area contributed by atoms with Gasteiger partial charge in [0.2, 0.25) is 0 Å². The smallest absolute Gasteiger partial charge is 0.408 e. The topological polar surface area (TPSA) is 125 Å². The minimum Gasteiger partial charge on any atom is -0.408 e. The second-order valence-electron chi connectivity index (χ2n) is 6.60. The van der Waals surface area contributed by atoms with Gasteiger partial charge in [-0.25, -0.2) is 18.0 Å². The van der Waals surface area contributed by atoms with Crippen LogP contribution in [0, 0.1) is 0 Å². The molecule has 2 heterocycles. The third kappa shape index (κ3) is 2.86. The van der Waals surface area contributed by atoms with Crippen LogP contribution < -0.4 is 21.7 Å². The van der Waals surface area contributed by atoms with Gasteiger partial charge in [0.15, 0.2) is 5.58 Å². The number of rotatable bonds is 3. The lowest BCUT2D eigenvalue weighted by molar-refractivity contribution is 0.528. The number of oxazole rings is 1. The van der Waals surface area contributed by atoms with E-state index in [4.69, 9.17) is 4.42 Å². The van der Waals surface area contributed by atoms with Crippen LogP contribution in [0.2, 0.25) is 0 Å². The fourth-order valence-corrected chi connectivity index (χ4v) is 4.23. The fraction of sp³-hybridized carbons (Fsp3) is 0.167. The molecule has 0 unspecified atom stereocenters. The summed E-state index contributed by atoms with van der Waals surface area (Å²) in [4.78, 5) is 35.9. The lowest BCUT2D eigenvalue weighted by atomic mass is 10.2.